The molecule has 0 saturated heterocycles. The van der Waals surface area contributed by atoms with Gasteiger partial charge in [-0.15, -0.1) is 0 Å². The standard InChI is InChI=1S/C12H9N3O2/c1-7-10(15-12(17)14-7)11(16)9-4-2-8(6-13)3-5-9/h2-5H,1H3,(H2,14,15,17). The van der Waals surface area contributed by atoms with Crippen LogP contribution < -0.4 is 5.69 Å². The lowest BCUT2D eigenvalue weighted by Crippen LogP contribution is -2.06. The number of hydrogen-bond donors (Lipinski definition) is 2. The van der Waals surface area contributed by atoms with Crippen LogP contribution in [0.5, 0.6) is 0 Å². The second kappa shape index (κ2) is 4.10. The first kappa shape index (κ1) is 10.9. The number of hydrogen-bond acceptors (Lipinski definition) is 3. The number of benzene rings is 1. The summed E-state index contributed by atoms with van der Waals surface area (Å²) in [4.78, 5) is 28.0. The molecule has 0 aliphatic carbocycles. The van der Waals surface area contributed by atoms with Crippen LogP contribution in [-0.2, 0) is 0 Å². The summed E-state index contributed by atoms with van der Waals surface area (Å²) in [5.74, 6) is -0.273. The van der Waals surface area contributed by atoms with Gasteiger partial charge < -0.3 is 9.97 Å². The van der Waals surface area contributed by atoms with Gasteiger partial charge in [-0.05, 0) is 31.2 Å². The fourth-order valence-electron chi connectivity index (χ4n) is 1.54. The molecule has 0 amide bonds. The molecule has 0 unspecified atom stereocenters. The maximum absolute atomic E-state index is 12.0. The number of rotatable bonds is 2. The number of imidazole rings is 1. The van der Waals surface area contributed by atoms with Gasteiger partial charge in [-0.2, -0.15) is 5.26 Å². The van der Waals surface area contributed by atoms with Gasteiger partial charge in [0, 0.05) is 11.3 Å². The first-order chi connectivity index (χ1) is 8.11. The van der Waals surface area contributed by atoms with E-state index in [9.17, 15) is 9.59 Å². The van der Waals surface area contributed by atoms with E-state index in [0.29, 0.717) is 16.8 Å². The molecule has 1 aromatic carbocycles. The van der Waals surface area contributed by atoms with Crippen LogP contribution >= 0.6 is 0 Å². The predicted octanol–water partition coefficient (Wildman–Crippen LogP) is 1.11. The fraction of sp³-hybridized carbons (Fsp3) is 0.0833. The number of nitriles is 1. The normalized spacial score (nSPS) is 9.88. The molecule has 1 heterocycles. The summed E-state index contributed by atoms with van der Waals surface area (Å²) in [6.45, 7) is 1.65. The highest BCUT2D eigenvalue weighted by Gasteiger charge is 2.14. The van der Waals surface area contributed by atoms with Gasteiger partial charge in [-0.1, -0.05) is 0 Å². The molecule has 5 nitrogen and oxygen atoms in total. The molecule has 0 aliphatic heterocycles. The van der Waals surface area contributed by atoms with Gasteiger partial charge in [0.05, 0.1) is 11.6 Å². The molecule has 5 heteroatoms. The quantitative estimate of drug-likeness (QED) is 0.753. The van der Waals surface area contributed by atoms with Crippen LogP contribution in [0, 0.1) is 18.3 Å². The summed E-state index contributed by atoms with van der Waals surface area (Å²) in [5.41, 5.74) is 1.27. The number of carbonyl (C=O) groups is 1. The molecule has 0 aliphatic rings. The number of H-pyrrole nitrogens is 2. The predicted molar refractivity (Wildman–Crippen MR) is 60.7 cm³/mol. The van der Waals surface area contributed by atoms with Crippen molar-refractivity contribution in [1.29, 1.82) is 5.26 Å². The van der Waals surface area contributed by atoms with Gasteiger partial charge in [0.1, 0.15) is 5.69 Å². The van der Waals surface area contributed by atoms with Crippen LogP contribution in [0.15, 0.2) is 29.1 Å². The monoisotopic (exact) mass is 227 g/mol. The van der Waals surface area contributed by atoms with Crippen LogP contribution in [0.1, 0.15) is 27.3 Å². The summed E-state index contributed by atoms with van der Waals surface area (Å²) in [6.07, 6.45) is 0. The van der Waals surface area contributed by atoms with Gasteiger partial charge in [0.25, 0.3) is 0 Å². The number of carbonyl (C=O) groups excluding carboxylic acids is 1. The van der Waals surface area contributed by atoms with Gasteiger partial charge in [0.2, 0.25) is 5.78 Å². The Morgan fingerprint density at radius 2 is 1.88 bits per heavy atom. The molecule has 0 bridgehead atoms. The molecular weight excluding hydrogens is 218 g/mol. The molecule has 17 heavy (non-hydrogen) atoms. The van der Waals surface area contributed by atoms with E-state index in [-0.39, 0.29) is 11.5 Å². The zero-order valence-electron chi connectivity index (χ0n) is 9.07. The second-order valence-electron chi connectivity index (χ2n) is 3.60. The molecule has 2 N–H and O–H groups in total. The van der Waals surface area contributed by atoms with Crippen molar-refractivity contribution in [1.82, 2.24) is 9.97 Å². The van der Waals surface area contributed by atoms with Crippen molar-refractivity contribution in [3.8, 4) is 6.07 Å². The lowest BCUT2D eigenvalue weighted by Gasteiger charge is -1.99. The van der Waals surface area contributed by atoms with E-state index in [4.69, 9.17) is 5.26 Å². The van der Waals surface area contributed by atoms with Gasteiger partial charge in [-0.25, -0.2) is 4.79 Å². The zero-order chi connectivity index (χ0) is 12.4. The minimum atomic E-state index is -0.403. The van der Waals surface area contributed by atoms with Crippen molar-refractivity contribution in [3.63, 3.8) is 0 Å². The van der Waals surface area contributed by atoms with Gasteiger partial charge in [-0.3, -0.25) is 4.79 Å². The van der Waals surface area contributed by atoms with Crippen molar-refractivity contribution in [2.45, 2.75) is 6.92 Å². The third-order valence-corrected chi connectivity index (χ3v) is 2.42. The Hall–Kier alpha value is -2.61. The molecule has 2 aromatic rings. The first-order valence-electron chi connectivity index (χ1n) is 4.95. The summed E-state index contributed by atoms with van der Waals surface area (Å²) < 4.78 is 0. The van der Waals surface area contributed by atoms with E-state index in [0.717, 1.165) is 0 Å². The van der Waals surface area contributed by atoms with Crippen LogP contribution in [0.2, 0.25) is 0 Å². The van der Waals surface area contributed by atoms with Crippen molar-refractivity contribution >= 4 is 5.78 Å². The number of aromatic nitrogens is 2. The minimum Gasteiger partial charge on any atom is -0.310 e. The number of aromatic amines is 2. The second-order valence-corrected chi connectivity index (χ2v) is 3.60. The Bertz CT molecular complexity index is 656. The van der Waals surface area contributed by atoms with Crippen LogP contribution in [0.3, 0.4) is 0 Å². The lowest BCUT2D eigenvalue weighted by molar-refractivity contribution is 0.103. The largest absolute Gasteiger partial charge is 0.323 e. The lowest BCUT2D eigenvalue weighted by atomic mass is 10.1. The molecule has 0 radical (unpaired) electrons. The molecule has 1 aromatic heterocycles. The third-order valence-electron chi connectivity index (χ3n) is 2.42. The molecule has 2 rings (SSSR count). The highest BCUT2D eigenvalue weighted by Crippen LogP contribution is 2.10. The number of nitrogens with zero attached hydrogens (tertiary/aromatic N) is 1. The summed E-state index contributed by atoms with van der Waals surface area (Å²) in [6, 6.07) is 8.22. The summed E-state index contributed by atoms with van der Waals surface area (Å²) in [7, 11) is 0. The number of aryl methyl sites for hydroxylation is 1. The Morgan fingerprint density at radius 3 is 2.35 bits per heavy atom. The number of nitrogens with one attached hydrogen (secondary N) is 2. The SMILES string of the molecule is Cc1[nH]c(=O)[nH]c1C(=O)c1ccc(C#N)cc1. The third kappa shape index (κ3) is 2.01. The van der Waals surface area contributed by atoms with E-state index in [2.05, 4.69) is 9.97 Å². The van der Waals surface area contributed by atoms with Crippen molar-refractivity contribution in [3.05, 3.63) is 57.3 Å². The van der Waals surface area contributed by atoms with Gasteiger partial charge in [0.15, 0.2) is 0 Å². The highest BCUT2D eigenvalue weighted by atomic mass is 16.1. The number of ketones is 1. The van der Waals surface area contributed by atoms with E-state index in [1.807, 2.05) is 6.07 Å². The topological polar surface area (TPSA) is 89.5 Å². The van der Waals surface area contributed by atoms with Crippen LogP contribution in [0.4, 0.5) is 0 Å². The Kier molecular flexibility index (Phi) is 2.63. The Balaban J connectivity index is 2.41. The van der Waals surface area contributed by atoms with Crippen LogP contribution in [0.25, 0.3) is 0 Å². The maximum Gasteiger partial charge on any atom is 0.323 e. The molecule has 0 saturated carbocycles. The molecule has 0 fully saturated rings. The molecule has 0 spiro atoms. The minimum absolute atomic E-state index is 0.250. The van der Waals surface area contributed by atoms with Crippen LogP contribution in [-0.4, -0.2) is 15.8 Å². The van der Waals surface area contributed by atoms with Crippen molar-refractivity contribution < 1.29 is 4.79 Å². The Morgan fingerprint density at radius 1 is 1.24 bits per heavy atom. The average molecular weight is 227 g/mol. The van der Waals surface area contributed by atoms with E-state index in [1.165, 1.54) is 0 Å². The molecule has 84 valence electrons. The average Bonchev–Trinajstić information content (AvgIpc) is 2.68. The fourth-order valence-corrected chi connectivity index (χ4v) is 1.54. The molecular formula is C12H9N3O2. The Labute approximate surface area is 96.7 Å². The molecule has 0 atom stereocenters. The van der Waals surface area contributed by atoms with E-state index in [1.54, 1.807) is 31.2 Å². The zero-order valence-corrected chi connectivity index (χ0v) is 9.07. The van der Waals surface area contributed by atoms with Crippen molar-refractivity contribution in [2.24, 2.45) is 0 Å². The van der Waals surface area contributed by atoms with E-state index < -0.39 is 5.69 Å². The van der Waals surface area contributed by atoms with Crippen molar-refractivity contribution in [2.75, 3.05) is 0 Å². The van der Waals surface area contributed by atoms with Gasteiger partial charge >= 0.3 is 5.69 Å². The first-order valence-corrected chi connectivity index (χ1v) is 4.95. The summed E-state index contributed by atoms with van der Waals surface area (Å²) in [5, 5.41) is 8.64. The highest BCUT2D eigenvalue weighted by molar-refractivity contribution is 6.08. The van der Waals surface area contributed by atoms with E-state index >= 15 is 0 Å². The maximum atomic E-state index is 12.0. The summed E-state index contributed by atoms with van der Waals surface area (Å²) >= 11 is 0. The smallest absolute Gasteiger partial charge is 0.310 e.